The van der Waals surface area contributed by atoms with Gasteiger partial charge in [0, 0.05) is 0 Å². The van der Waals surface area contributed by atoms with Crippen LogP contribution in [-0.2, 0) is 22.4 Å². The van der Waals surface area contributed by atoms with E-state index in [2.05, 4.69) is 0 Å². The molecule has 0 amide bonds. The molecule has 0 aliphatic rings. The third-order valence-corrected chi connectivity index (χ3v) is 2.87. The fourth-order valence-electron chi connectivity index (χ4n) is 0. The molecule has 0 spiro atoms. The van der Waals surface area contributed by atoms with Crippen LogP contribution in [0.5, 0.6) is 0 Å². The SMILES string of the molecule is CCC(C)[O-].CCC(C)[O-].CCC(C)[O-].CCC(C)[O-].CCC(C)[O-].[Nb+5]. The summed E-state index contributed by atoms with van der Waals surface area (Å²) in [6.45, 7) is 17.8. The number of rotatable bonds is 5. The summed E-state index contributed by atoms with van der Waals surface area (Å²) in [6, 6.07) is 0. The third kappa shape index (κ3) is 122. The van der Waals surface area contributed by atoms with Crippen molar-refractivity contribution in [3.63, 3.8) is 0 Å². The zero-order valence-corrected chi connectivity index (χ0v) is 21.1. The van der Waals surface area contributed by atoms with E-state index in [9.17, 15) is 25.5 Å². The Morgan fingerprint density at radius 1 is 0.385 bits per heavy atom. The molecule has 0 saturated carbocycles. The molecular formula is C20H45NbO5. The largest absolute Gasteiger partial charge is 5.00 e. The zero-order valence-electron chi connectivity index (χ0n) is 18.9. The summed E-state index contributed by atoms with van der Waals surface area (Å²) in [5.74, 6) is 0. The van der Waals surface area contributed by atoms with E-state index in [0.29, 0.717) is 0 Å². The van der Waals surface area contributed by atoms with Gasteiger partial charge in [-0.15, -0.1) is 30.5 Å². The maximum atomic E-state index is 9.90. The monoisotopic (exact) mass is 458 g/mol. The van der Waals surface area contributed by atoms with Crippen molar-refractivity contribution in [2.45, 2.75) is 132 Å². The van der Waals surface area contributed by atoms with Crippen LogP contribution in [-0.4, -0.2) is 30.5 Å². The van der Waals surface area contributed by atoms with Gasteiger partial charge in [-0.05, 0) is 0 Å². The molecule has 26 heavy (non-hydrogen) atoms. The Labute approximate surface area is 179 Å². The van der Waals surface area contributed by atoms with E-state index in [-0.39, 0.29) is 52.9 Å². The van der Waals surface area contributed by atoms with Crippen LogP contribution in [0.15, 0.2) is 0 Å². The van der Waals surface area contributed by atoms with Crippen molar-refractivity contribution < 1.29 is 47.9 Å². The van der Waals surface area contributed by atoms with Crippen LogP contribution in [0.25, 0.3) is 0 Å². The van der Waals surface area contributed by atoms with E-state index in [1.807, 2.05) is 34.6 Å². The molecule has 0 N–H and O–H groups in total. The predicted octanol–water partition coefficient (Wildman–Crippen LogP) is 0.724. The summed E-state index contributed by atoms with van der Waals surface area (Å²) in [5.41, 5.74) is 0. The van der Waals surface area contributed by atoms with E-state index in [1.165, 1.54) is 0 Å². The van der Waals surface area contributed by atoms with Crippen molar-refractivity contribution in [2.75, 3.05) is 0 Å². The van der Waals surface area contributed by atoms with Gasteiger partial charge in [0.2, 0.25) is 0 Å². The second-order valence-electron chi connectivity index (χ2n) is 6.09. The van der Waals surface area contributed by atoms with E-state index < -0.39 is 0 Å². The Morgan fingerprint density at radius 2 is 0.423 bits per heavy atom. The summed E-state index contributed by atoms with van der Waals surface area (Å²) in [7, 11) is 0. The van der Waals surface area contributed by atoms with Crippen LogP contribution in [0.4, 0.5) is 0 Å². The smallest absolute Gasteiger partial charge is 0.852 e. The summed E-state index contributed by atoms with van der Waals surface area (Å²) in [6.07, 6.45) is 1.92. The second-order valence-corrected chi connectivity index (χ2v) is 6.09. The molecule has 0 saturated heterocycles. The molecule has 6 heteroatoms. The Kier molecular flexibility index (Phi) is 57.5. The van der Waals surface area contributed by atoms with Gasteiger partial charge in [0.05, 0.1) is 0 Å². The molecule has 5 nitrogen and oxygen atoms in total. The van der Waals surface area contributed by atoms with Crippen molar-refractivity contribution in [3.05, 3.63) is 0 Å². The van der Waals surface area contributed by atoms with Crippen LogP contribution in [0, 0.1) is 0 Å². The van der Waals surface area contributed by atoms with Gasteiger partial charge in [-0.3, -0.25) is 0 Å². The molecule has 0 bridgehead atoms. The molecule has 0 rings (SSSR count). The van der Waals surface area contributed by atoms with Crippen molar-refractivity contribution in [3.8, 4) is 0 Å². The quantitative estimate of drug-likeness (QED) is 0.563. The van der Waals surface area contributed by atoms with Crippen molar-refractivity contribution >= 4 is 0 Å². The van der Waals surface area contributed by atoms with Crippen LogP contribution in [0.3, 0.4) is 0 Å². The van der Waals surface area contributed by atoms with Gasteiger partial charge in [0.1, 0.15) is 0 Å². The standard InChI is InChI=1S/5C4H9O.Nb/c5*1-3-4(2)5;/h5*4H,3H2,1-2H3;/q5*-1;+5. The van der Waals surface area contributed by atoms with Gasteiger partial charge in [0.15, 0.2) is 0 Å². The average Bonchev–Trinajstić information content (AvgIpc) is 2.56. The summed E-state index contributed by atoms with van der Waals surface area (Å²) in [5, 5.41) is 49.5. The maximum absolute atomic E-state index is 9.90. The van der Waals surface area contributed by atoms with Gasteiger partial charge >= 0.3 is 22.4 Å². The minimum absolute atomic E-state index is 0. The Morgan fingerprint density at radius 3 is 0.423 bits per heavy atom. The van der Waals surface area contributed by atoms with Crippen LogP contribution in [0.2, 0.25) is 0 Å². The molecule has 0 aliphatic heterocycles. The summed E-state index contributed by atoms with van der Waals surface area (Å²) in [4.78, 5) is 0. The van der Waals surface area contributed by atoms with Gasteiger partial charge in [-0.2, -0.15) is 0 Å². The minimum atomic E-state index is -0.366. The number of hydrogen-bond donors (Lipinski definition) is 0. The van der Waals surface area contributed by atoms with Gasteiger partial charge in [0.25, 0.3) is 0 Å². The molecule has 5 atom stereocenters. The molecule has 0 aliphatic carbocycles. The van der Waals surface area contributed by atoms with Crippen molar-refractivity contribution in [1.29, 1.82) is 0 Å². The molecule has 160 valence electrons. The minimum Gasteiger partial charge on any atom is -0.852 e. The summed E-state index contributed by atoms with van der Waals surface area (Å²) >= 11 is 0. The van der Waals surface area contributed by atoms with Crippen LogP contribution >= 0.6 is 0 Å². The van der Waals surface area contributed by atoms with Gasteiger partial charge in [-0.25, -0.2) is 0 Å². The topological polar surface area (TPSA) is 115 Å². The Balaban J connectivity index is -0.0000000476. The molecule has 0 aromatic rings. The fourth-order valence-corrected chi connectivity index (χ4v) is 0. The zero-order chi connectivity index (χ0) is 21.4. The molecule has 5 unspecified atom stereocenters. The third-order valence-electron chi connectivity index (χ3n) is 2.87. The Bertz CT molecular complexity index is 141. The second kappa shape index (κ2) is 36.5. The molecule has 0 heterocycles. The molecular weight excluding hydrogens is 413 g/mol. The van der Waals surface area contributed by atoms with E-state index >= 15 is 0 Å². The van der Waals surface area contributed by atoms with Crippen LogP contribution < -0.4 is 25.5 Å². The first-order valence-electron chi connectivity index (χ1n) is 9.64. The summed E-state index contributed by atoms with van der Waals surface area (Å²) < 4.78 is 0. The fraction of sp³-hybridized carbons (Fsp3) is 1.00. The maximum Gasteiger partial charge on any atom is 5.00 e. The average molecular weight is 458 g/mol. The molecule has 0 aromatic heterocycles. The van der Waals surface area contributed by atoms with Crippen molar-refractivity contribution in [1.82, 2.24) is 0 Å². The van der Waals surface area contributed by atoms with E-state index in [4.69, 9.17) is 0 Å². The first-order chi connectivity index (χ1) is 11.4. The number of hydrogen-bond acceptors (Lipinski definition) is 5. The van der Waals surface area contributed by atoms with Gasteiger partial charge in [-0.1, -0.05) is 101 Å². The van der Waals surface area contributed by atoms with Crippen LogP contribution in [0.1, 0.15) is 101 Å². The normalized spacial score (nSPS) is 14.4. The predicted molar refractivity (Wildman–Crippen MR) is 98.8 cm³/mol. The van der Waals surface area contributed by atoms with Crippen molar-refractivity contribution in [2.24, 2.45) is 0 Å². The van der Waals surface area contributed by atoms with E-state index in [1.54, 1.807) is 34.6 Å². The van der Waals surface area contributed by atoms with Gasteiger partial charge < -0.3 is 25.5 Å². The Hall–Kier alpha value is 0.540. The van der Waals surface area contributed by atoms with E-state index in [0.717, 1.165) is 32.1 Å². The molecule has 0 aromatic carbocycles. The molecule has 0 fully saturated rings. The molecule has 0 radical (unpaired) electrons. The first-order valence-corrected chi connectivity index (χ1v) is 9.64. The first kappa shape index (κ1) is 41.0.